The highest BCUT2D eigenvalue weighted by Crippen LogP contribution is 2.44. The maximum absolute atomic E-state index is 12.3. The zero-order valence-electron chi connectivity index (χ0n) is 14.7. The first kappa shape index (κ1) is 17.8. The quantitative estimate of drug-likeness (QED) is 0.645. The summed E-state index contributed by atoms with van der Waals surface area (Å²) in [5, 5.41) is 2.62. The van der Waals surface area contributed by atoms with Gasteiger partial charge in [0.25, 0.3) is 0 Å². The molecule has 2 aromatic carbocycles. The summed E-state index contributed by atoms with van der Waals surface area (Å²) in [5.74, 6) is 1.73. The summed E-state index contributed by atoms with van der Waals surface area (Å²) in [6, 6.07) is 15.6. The first-order chi connectivity index (χ1) is 12.6. The van der Waals surface area contributed by atoms with Crippen LogP contribution in [0.3, 0.4) is 0 Å². The number of benzene rings is 2. The van der Waals surface area contributed by atoms with Crippen molar-refractivity contribution in [3.8, 4) is 23.5 Å². The zero-order chi connectivity index (χ0) is 18.5. The van der Waals surface area contributed by atoms with Crippen LogP contribution in [-0.2, 0) is 14.3 Å². The lowest BCUT2D eigenvalue weighted by molar-refractivity contribution is -0.147. The van der Waals surface area contributed by atoms with Crippen LogP contribution >= 0.6 is 0 Å². The molecular weight excluding hydrogens is 326 g/mol. The Morgan fingerprint density at radius 2 is 1.69 bits per heavy atom. The summed E-state index contributed by atoms with van der Waals surface area (Å²) in [5.41, 5.74) is 4.68. The van der Waals surface area contributed by atoms with Crippen LogP contribution in [0.2, 0.25) is 0 Å². The topological polar surface area (TPSA) is 55.4 Å². The molecule has 26 heavy (non-hydrogen) atoms. The SMILES string of the molecule is C#CCCC(=O)NC(C)C(=O)OCC1c2ccccc2-c2ccccc21. The maximum Gasteiger partial charge on any atom is 0.328 e. The summed E-state index contributed by atoms with van der Waals surface area (Å²) in [6.07, 6.45) is 5.70. The summed E-state index contributed by atoms with van der Waals surface area (Å²) in [6.45, 7) is 1.87. The molecular formula is C22H21NO3. The van der Waals surface area contributed by atoms with E-state index in [4.69, 9.17) is 11.2 Å². The van der Waals surface area contributed by atoms with Crippen LogP contribution in [0.4, 0.5) is 0 Å². The number of fused-ring (bicyclic) bond motifs is 3. The van der Waals surface area contributed by atoms with Crippen molar-refractivity contribution in [2.24, 2.45) is 0 Å². The molecule has 0 saturated heterocycles. The Balaban J connectivity index is 1.65. The van der Waals surface area contributed by atoms with Crippen LogP contribution in [-0.4, -0.2) is 24.5 Å². The Kier molecular flexibility index (Phi) is 5.38. The van der Waals surface area contributed by atoms with Crippen molar-refractivity contribution in [1.82, 2.24) is 5.32 Å². The molecule has 4 nitrogen and oxygen atoms in total. The molecule has 1 atom stereocenters. The predicted molar refractivity (Wildman–Crippen MR) is 100 cm³/mol. The van der Waals surface area contributed by atoms with E-state index in [2.05, 4.69) is 35.5 Å². The van der Waals surface area contributed by atoms with Gasteiger partial charge in [0.15, 0.2) is 0 Å². The van der Waals surface area contributed by atoms with Gasteiger partial charge >= 0.3 is 5.97 Å². The van der Waals surface area contributed by atoms with E-state index in [0.29, 0.717) is 6.42 Å². The maximum atomic E-state index is 12.3. The molecule has 2 aromatic rings. The Bertz CT molecular complexity index is 820. The van der Waals surface area contributed by atoms with Gasteiger partial charge in [0.1, 0.15) is 12.6 Å². The van der Waals surface area contributed by atoms with E-state index in [-0.39, 0.29) is 24.9 Å². The molecule has 0 radical (unpaired) electrons. The highest BCUT2D eigenvalue weighted by atomic mass is 16.5. The number of hydrogen-bond acceptors (Lipinski definition) is 3. The first-order valence-electron chi connectivity index (χ1n) is 8.69. The van der Waals surface area contributed by atoms with Crippen LogP contribution in [0, 0.1) is 12.3 Å². The van der Waals surface area contributed by atoms with Gasteiger partial charge in [-0.05, 0) is 29.2 Å². The van der Waals surface area contributed by atoms with Crippen molar-refractivity contribution in [2.45, 2.75) is 31.7 Å². The molecule has 1 N–H and O–H groups in total. The molecule has 0 spiro atoms. The van der Waals surface area contributed by atoms with Gasteiger partial charge in [0.05, 0.1) is 0 Å². The Morgan fingerprint density at radius 1 is 1.12 bits per heavy atom. The van der Waals surface area contributed by atoms with Crippen molar-refractivity contribution in [3.63, 3.8) is 0 Å². The standard InChI is InChI=1S/C22H21NO3/c1-3-4-13-21(24)23-15(2)22(25)26-14-20-18-11-7-5-9-16(18)17-10-6-8-12-19(17)20/h1,5-12,15,20H,4,13-14H2,2H3,(H,23,24). The fourth-order valence-electron chi connectivity index (χ4n) is 3.29. The van der Waals surface area contributed by atoms with Crippen LogP contribution < -0.4 is 5.32 Å². The minimum Gasteiger partial charge on any atom is -0.463 e. The average molecular weight is 347 g/mol. The van der Waals surface area contributed by atoms with E-state index in [1.54, 1.807) is 6.92 Å². The minimum absolute atomic E-state index is 0.00990. The van der Waals surface area contributed by atoms with Gasteiger partial charge in [0, 0.05) is 18.8 Å². The average Bonchev–Trinajstić information content (AvgIpc) is 2.98. The molecule has 1 amide bonds. The van der Waals surface area contributed by atoms with E-state index in [1.807, 2.05) is 24.3 Å². The van der Waals surface area contributed by atoms with E-state index in [0.717, 1.165) is 11.1 Å². The third kappa shape index (κ3) is 3.62. The molecule has 1 aliphatic carbocycles. The largest absolute Gasteiger partial charge is 0.463 e. The van der Waals surface area contributed by atoms with E-state index in [9.17, 15) is 9.59 Å². The summed E-state index contributed by atoms with van der Waals surface area (Å²) < 4.78 is 5.51. The van der Waals surface area contributed by atoms with Gasteiger partial charge in [-0.15, -0.1) is 12.3 Å². The van der Waals surface area contributed by atoms with Crippen molar-refractivity contribution in [2.75, 3.05) is 6.61 Å². The number of esters is 1. The number of nitrogens with one attached hydrogen (secondary N) is 1. The second-order valence-electron chi connectivity index (χ2n) is 6.35. The summed E-state index contributed by atoms with van der Waals surface area (Å²) >= 11 is 0. The van der Waals surface area contributed by atoms with Gasteiger partial charge in [-0.2, -0.15) is 0 Å². The third-order valence-electron chi connectivity index (χ3n) is 4.58. The van der Waals surface area contributed by atoms with Crippen LogP contribution in [0.25, 0.3) is 11.1 Å². The number of amides is 1. The Morgan fingerprint density at radius 3 is 2.27 bits per heavy atom. The molecule has 0 heterocycles. The molecule has 0 saturated carbocycles. The van der Waals surface area contributed by atoms with E-state index in [1.165, 1.54) is 11.1 Å². The number of terminal acetylenes is 1. The number of hydrogen-bond donors (Lipinski definition) is 1. The molecule has 132 valence electrons. The number of carbonyl (C=O) groups is 2. The van der Waals surface area contributed by atoms with Gasteiger partial charge in [-0.1, -0.05) is 48.5 Å². The summed E-state index contributed by atoms with van der Waals surface area (Å²) in [7, 11) is 0. The lowest BCUT2D eigenvalue weighted by Gasteiger charge is -2.17. The van der Waals surface area contributed by atoms with Gasteiger partial charge in [-0.25, -0.2) is 4.79 Å². The highest BCUT2D eigenvalue weighted by molar-refractivity contribution is 5.84. The normalized spacial score (nSPS) is 13.2. The molecule has 3 rings (SSSR count). The Hall–Kier alpha value is -3.06. The zero-order valence-corrected chi connectivity index (χ0v) is 14.7. The van der Waals surface area contributed by atoms with Crippen LogP contribution in [0.5, 0.6) is 0 Å². The number of ether oxygens (including phenoxy) is 1. The second-order valence-corrected chi connectivity index (χ2v) is 6.35. The van der Waals surface area contributed by atoms with Crippen LogP contribution in [0.1, 0.15) is 36.8 Å². The minimum atomic E-state index is -0.702. The molecule has 0 bridgehead atoms. The number of carbonyl (C=O) groups excluding carboxylic acids is 2. The first-order valence-corrected chi connectivity index (χ1v) is 8.69. The third-order valence-corrected chi connectivity index (χ3v) is 4.58. The smallest absolute Gasteiger partial charge is 0.328 e. The van der Waals surface area contributed by atoms with Crippen molar-refractivity contribution in [1.29, 1.82) is 0 Å². The van der Waals surface area contributed by atoms with Crippen molar-refractivity contribution in [3.05, 3.63) is 59.7 Å². The second kappa shape index (κ2) is 7.88. The molecule has 1 aliphatic rings. The van der Waals surface area contributed by atoms with Gasteiger partial charge < -0.3 is 10.1 Å². The van der Waals surface area contributed by atoms with E-state index >= 15 is 0 Å². The van der Waals surface area contributed by atoms with E-state index < -0.39 is 12.0 Å². The lowest BCUT2D eigenvalue weighted by Crippen LogP contribution is -2.39. The molecule has 0 aliphatic heterocycles. The fourth-order valence-corrected chi connectivity index (χ4v) is 3.29. The highest BCUT2D eigenvalue weighted by Gasteiger charge is 2.29. The van der Waals surface area contributed by atoms with Crippen molar-refractivity contribution < 1.29 is 14.3 Å². The predicted octanol–water partition coefficient (Wildman–Crippen LogP) is 3.26. The lowest BCUT2D eigenvalue weighted by atomic mass is 9.98. The molecule has 0 fully saturated rings. The Labute approximate surface area is 153 Å². The number of rotatable bonds is 6. The molecule has 1 unspecified atom stereocenters. The molecule has 0 aromatic heterocycles. The monoisotopic (exact) mass is 347 g/mol. The van der Waals surface area contributed by atoms with Crippen molar-refractivity contribution >= 4 is 11.9 Å². The van der Waals surface area contributed by atoms with Crippen LogP contribution in [0.15, 0.2) is 48.5 Å². The van der Waals surface area contributed by atoms with Gasteiger partial charge in [-0.3, -0.25) is 4.79 Å². The summed E-state index contributed by atoms with van der Waals surface area (Å²) in [4.78, 5) is 23.9. The molecule has 4 heteroatoms. The van der Waals surface area contributed by atoms with Gasteiger partial charge in [0.2, 0.25) is 5.91 Å². The fraction of sp³-hybridized carbons (Fsp3) is 0.273.